The van der Waals surface area contributed by atoms with Crippen LogP contribution in [0.1, 0.15) is 63.7 Å². The van der Waals surface area contributed by atoms with E-state index in [-0.39, 0.29) is 35.1 Å². The molecule has 1 aromatic rings. The van der Waals surface area contributed by atoms with Crippen molar-refractivity contribution < 1.29 is 17.9 Å². The van der Waals surface area contributed by atoms with Gasteiger partial charge in [-0.05, 0) is 58.7 Å². The van der Waals surface area contributed by atoms with Crippen molar-refractivity contribution in [2.45, 2.75) is 82.6 Å². The first kappa shape index (κ1) is 21.3. The molecule has 2 atom stereocenters. The second-order valence-corrected chi connectivity index (χ2v) is 10.3. The molecule has 7 heteroatoms. The molecule has 1 saturated carbocycles. The molecule has 28 heavy (non-hydrogen) atoms. The molecule has 2 unspecified atom stereocenters. The smallest absolute Gasteiger partial charge is 0.254 e. The third-order valence-corrected chi connectivity index (χ3v) is 7.44. The molecule has 2 aliphatic rings. The number of ether oxygens (including phenoxy) is 1. The zero-order valence-electron chi connectivity index (χ0n) is 17.3. The van der Waals surface area contributed by atoms with Gasteiger partial charge in [-0.25, -0.2) is 8.42 Å². The average Bonchev–Trinajstić information content (AvgIpc) is 3.15. The van der Waals surface area contributed by atoms with Crippen LogP contribution in [0, 0.1) is 0 Å². The average molecular weight is 409 g/mol. The maximum absolute atomic E-state index is 13.2. The van der Waals surface area contributed by atoms with Crippen LogP contribution < -0.4 is 0 Å². The molecule has 0 N–H and O–H groups in total. The molecule has 1 aromatic carbocycles. The Balaban J connectivity index is 1.87. The van der Waals surface area contributed by atoms with Gasteiger partial charge in [0.15, 0.2) is 0 Å². The Bertz CT molecular complexity index is 792. The first-order chi connectivity index (χ1) is 13.2. The van der Waals surface area contributed by atoms with E-state index in [1.54, 1.807) is 18.2 Å². The number of sulfonamides is 1. The highest BCUT2D eigenvalue weighted by atomic mass is 32.2. The lowest BCUT2D eigenvalue weighted by atomic mass is 10.1. The van der Waals surface area contributed by atoms with Gasteiger partial charge in [0.1, 0.15) is 0 Å². The van der Waals surface area contributed by atoms with Crippen LogP contribution in [-0.4, -0.2) is 60.9 Å². The number of rotatable bonds is 5. The maximum Gasteiger partial charge on any atom is 0.254 e. The number of carbonyl (C=O) groups is 1. The van der Waals surface area contributed by atoms with Crippen molar-refractivity contribution in [2.24, 2.45) is 0 Å². The van der Waals surface area contributed by atoms with E-state index in [1.165, 1.54) is 10.4 Å². The summed E-state index contributed by atoms with van der Waals surface area (Å²) in [7, 11) is -3.67. The summed E-state index contributed by atoms with van der Waals surface area (Å²) in [5, 5.41) is 0. The van der Waals surface area contributed by atoms with Crippen molar-refractivity contribution in [3.8, 4) is 0 Å². The van der Waals surface area contributed by atoms with E-state index in [0.717, 1.165) is 25.7 Å². The Morgan fingerprint density at radius 2 is 1.75 bits per heavy atom. The fourth-order valence-corrected chi connectivity index (χ4v) is 6.06. The van der Waals surface area contributed by atoms with Crippen LogP contribution in [0.15, 0.2) is 29.2 Å². The van der Waals surface area contributed by atoms with Crippen molar-refractivity contribution in [1.29, 1.82) is 0 Å². The number of amides is 1. The van der Waals surface area contributed by atoms with Gasteiger partial charge in [0, 0.05) is 30.7 Å². The van der Waals surface area contributed by atoms with Crippen LogP contribution in [0.25, 0.3) is 0 Å². The van der Waals surface area contributed by atoms with E-state index in [9.17, 15) is 13.2 Å². The number of hydrogen-bond acceptors (Lipinski definition) is 4. The summed E-state index contributed by atoms with van der Waals surface area (Å²) < 4.78 is 33.4. The molecule has 1 amide bonds. The van der Waals surface area contributed by atoms with E-state index in [2.05, 4.69) is 0 Å². The van der Waals surface area contributed by atoms with Crippen molar-refractivity contribution >= 4 is 15.9 Å². The molecule has 156 valence electrons. The van der Waals surface area contributed by atoms with E-state index in [0.29, 0.717) is 18.7 Å². The fraction of sp³-hybridized carbons (Fsp3) is 0.667. The highest BCUT2D eigenvalue weighted by molar-refractivity contribution is 7.89. The molecule has 1 aliphatic heterocycles. The maximum atomic E-state index is 13.2. The van der Waals surface area contributed by atoms with Crippen LogP contribution in [0.5, 0.6) is 0 Å². The van der Waals surface area contributed by atoms with Crippen LogP contribution in [0.3, 0.4) is 0 Å². The van der Waals surface area contributed by atoms with Gasteiger partial charge < -0.3 is 9.64 Å². The summed E-state index contributed by atoms with van der Waals surface area (Å²) in [4.78, 5) is 15.3. The largest absolute Gasteiger partial charge is 0.373 e. The third kappa shape index (κ3) is 4.42. The van der Waals surface area contributed by atoms with E-state index >= 15 is 0 Å². The summed E-state index contributed by atoms with van der Waals surface area (Å²) in [6.45, 7) is 8.44. The summed E-state index contributed by atoms with van der Waals surface area (Å²) in [6.07, 6.45) is 4.02. The van der Waals surface area contributed by atoms with Crippen LogP contribution in [0.4, 0.5) is 0 Å². The lowest BCUT2D eigenvalue weighted by Gasteiger charge is -2.35. The Labute approximate surface area is 168 Å². The molecule has 1 saturated heterocycles. The second-order valence-electron chi connectivity index (χ2n) is 8.35. The topological polar surface area (TPSA) is 66.9 Å². The van der Waals surface area contributed by atoms with E-state index in [4.69, 9.17) is 4.74 Å². The van der Waals surface area contributed by atoms with Crippen LogP contribution >= 0.6 is 0 Å². The molecule has 1 aliphatic carbocycles. The first-order valence-corrected chi connectivity index (χ1v) is 11.7. The number of carbonyl (C=O) groups excluding carboxylic acids is 1. The minimum absolute atomic E-state index is 0.0804. The molecule has 0 aromatic heterocycles. The molecule has 1 heterocycles. The van der Waals surface area contributed by atoms with Gasteiger partial charge in [0.2, 0.25) is 10.0 Å². The summed E-state index contributed by atoms with van der Waals surface area (Å²) in [5.74, 6) is -0.0809. The van der Waals surface area contributed by atoms with Gasteiger partial charge in [-0.3, -0.25) is 4.79 Å². The number of benzene rings is 1. The quantitative estimate of drug-likeness (QED) is 0.750. The Hall–Kier alpha value is -1.44. The first-order valence-electron chi connectivity index (χ1n) is 10.3. The predicted molar refractivity (Wildman–Crippen MR) is 109 cm³/mol. The molecule has 0 radical (unpaired) electrons. The monoisotopic (exact) mass is 408 g/mol. The van der Waals surface area contributed by atoms with Gasteiger partial charge in [0.25, 0.3) is 5.91 Å². The number of morpholine rings is 1. The van der Waals surface area contributed by atoms with Gasteiger partial charge in [-0.2, -0.15) is 4.31 Å². The summed E-state index contributed by atoms with van der Waals surface area (Å²) in [5.41, 5.74) is 0.441. The zero-order chi connectivity index (χ0) is 20.5. The van der Waals surface area contributed by atoms with Crippen molar-refractivity contribution in [1.82, 2.24) is 9.21 Å². The van der Waals surface area contributed by atoms with Gasteiger partial charge >= 0.3 is 0 Å². The molecular formula is C21H32N2O4S. The summed E-state index contributed by atoms with van der Waals surface area (Å²) >= 11 is 0. The molecular weight excluding hydrogens is 376 g/mol. The SMILES string of the molecule is CC1CN(S(=O)(=O)c2cccc(C(=O)N(C(C)C)C3CCCC3)c2)CC(C)O1. The Morgan fingerprint density at radius 1 is 1.14 bits per heavy atom. The molecule has 3 rings (SSSR count). The van der Waals surface area contributed by atoms with Crippen molar-refractivity contribution in [3.05, 3.63) is 29.8 Å². The summed E-state index contributed by atoms with van der Waals surface area (Å²) in [6, 6.07) is 6.82. The zero-order valence-corrected chi connectivity index (χ0v) is 18.1. The standard InChI is InChI=1S/C21H32N2O4S/c1-15(2)23(19-9-5-6-10-19)21(24)18-8-7-11-20(12-18)28(25,26)22-13-16(3)27-17(4)14-22/h7-8,11-12,15-17,19H,5-6,9-10,13-14H2,1-4H3. The third-order valence-electron chi connectivity index (χ3n) is 5.61. The lowest BCUT2D eigenvalue weighted by Crippen LogP contribution is -2.48. The van der Waals surface area contributed by atoms with Crippen LogP contribution in [-0.2, 0) is 14.8 Å². The van der Waals surface area contributed by atoms with Gasteiger partial charge in [-0.1, -0.05) is 18.9 Å². The Morgan fingerprint density at radius 3 is 2.32 bits per heavy atom. The van der Waals surface area contributed by atoms with Crippen LogP contribution in [0.2, 0.25) is 0 Å². The number of nitrogens with zero attached hydrogens (tertiary/aromatic N) is 2. The highest BCUT2D eigenvalue weighted by Crippen LogP contribution is 2.28. The van der Waals surface area contributed by atoms with E-state index in [1.807, 2.05) is 32.6 Å². The molecule has 0 bridgehead atoms. The second kappa shape index (κ2) is 8.51. The molecule has 0 spiro atoms. The predicted octanol–water partition coefficient (Wildman–Crippen LogP) is 3.28. The number of hydrogen-bond donors (Lipinski definition) is 0. The minimum atomic E-state index is -3.67. The fourth-order valence-electron chi connectivity index (χ4n) is 4.42. The van der Waals surface area contributed by atoms with Crippen molar-refractivity contribution in [2.75, 3.05) is 13.1 Å². The molecule has 6 nitrogen and oxygen atoms in total. The lowest BCUT2D eigenvalue weighted by molar-refractivity contribution is -0.0440. The van der Waals surface area contributed by atoms with E-state index < -0.39 is 10.0 Å². The highest BCUT2D eigenvalue weighted by Gasteiger charge is 2.34. The van der Waals surface area contributed by atoms with Gasteiger partial charge in [-0.15, -0.1) is 0 Å². The van der Waals surface area contributed by atoms with Gasteiger partial charge in [0.05, 0.1) is 17.1 Å². The normalized spacial score (nSPS) is 24.6. The Kier molecular flexibility index (Phi) is 6.47. The molecule has 2 fully saturated rings. The van der Waals surface area contributed by atoms with Crippen molar-refractivity contribution in [3.63, 3.8) is 0 Å². The minimum Gasteiger partial charge on any atom is -0.373 e.